The summed E-state index contributed by atoms with van der Waals surface area (Å²) in [5, 5.41) is 6.00. The van der Waals surface area contributed by atoms with Gasteiger partial charge in [-0.2, -0.15) is 0 Å². The van der Waals surface area contributed by atoms with Gasteiger partial charge in [0.25, 0.3) is 0 Å². The molecule has 1 saturated heterocycles. The Hall–Kier alpha value is -1.80. The maximum atomic E-state index is 4.27. The lowest BCUT2D eigenvalue weighted by Crippen LogP contribution is -2.33. The molecule has 2 aliphatic heterocycles. The maximum Gasteiger partial charge on any atom is 0.0243 e. The number of nitrogens with zero attached hydrogens (tertiary/aromatic N) is 1. The SMILES string of the molecule is C=CC.C=c1cccc/c1=C(\CN1CCCCCC1)C1=C(C)NCC1.CC. The lowest BCUT2D eigenvalue weighted by molar-refractivity contribution is 0.319. The molecule has 27 heavy (non-hydrogen) atoms. The summed E-state index contributed by atoms with van der Waals surface area (Å²) in [5.74, 6) is 0. The summed E-state index contributed by atoms with van der Waals surface area (Å²) in [4.78, 5) is 2.65. The minimum Gasteiger partial charge on any atom is -0.388 e. The van der Waals surface area contributed by atoms with E-state index >= 15 is 0 Å². The predicted octanol–water partition coefficient (Wildman–Crippen LogP) is 4.61. The van der Waals surface area contributed by atoms with Crippen molar-refractivity contribution < 1.29 is 0 Å². The minimum atomic E-state index is 1.07. The fraction of sp³-hybridized carbons (Fsp3) is 0.520. The van der Waals surface area contributed by atoms with E-state index in [2.05, 4.69) is 54.6 Å². The Morgan fingerprint density at radius 1 is 1.11 bits per heavy atom. The Bertz CT molecular complexity index is 691. The minimum absolute atomic E-state index is 1.07. The summed E-state index contributed by atoms with van der Waals surface area (Å²) in [5.41, 5.74) is 4.36. The van der Waals surface area contributed by atoms with Crippen LogP contribution in [0, 0.1) is 0 Å². The van der Waals surface area contributed by atoms with Crippen LogP contribution in [-0.4, -0.2) is 31.1 Å². The highest BCUT2D eigenvalue weighted by Gasteiger charge is 2.18. The van der Waals surface area contributed by atoms with Gasteiger partial charge in [0.05, 0.1) is 0 Å². The number of hydrogen-bond acceptors (Lipinski definition) is 2. The van der Waals surface area contributed by atoms with Crippen molar-refractivity contribution in [2.75, 3.05) is 26.2 Å². The van der Waals surface area contributed by atoms with E-state index < -0.39 is 0 Å². The molecule has 2 aliphatic rings. The van der Waals surface area contributed by atoms with Crippen molar-refractivity contribution in [2.45, 2.75) is 59.8 Å². The van der Waals surface area contributed by atoms with Gasteiger partial charge >= 0.3 is 0 Å². The highest BCUT2D eigenvalue weighted by molar-refractivity contribution is 5.67. The quantitative estimate of drug-likeness (QED) is 0.784. The van der Waals surface area contributed by atoms with E-state index in [-0.39, 0.29) is 0 Å². The van der Waals surface area contributed by atoms with Crippen molar-refractivity contribution in [1.29, 1.82) is 0 Å². The number of hydrogen-bond donors (Lipinski definition) is 1. The molecule has 2 heterocycles. The normalized spacial score (nSPS) is 18.2. The van der Waals surface area contributed by atoms with Crippen LogP contribution < -0.4 is 15.8 Å². The topological polar surface area (TPSA) is 15.3 Å². The first-order valence-electron chi connectivity index (χ1n) is 10.7. The molecule has 0 aromatic heterocycles. The number of benzene rings is 1. The first-order valence-corrected chi connectivity index (χ1v) is 10.7. The van der Waals surface area contributed by atoms with Crippen LogP contribution in [0.25, 0.3) is 12.2 Å². The molecule has 0 atom stereocenters. The van der Waals surface area contributed by atoms with Gasteiger partial charge in [-0.25, -0.2) is 0 Å². The molecule has 0 unspecified atom stereocenters. The van der Waals surface area contributed by atoms with Crippen LogP contribution in [-0.2, 0) is 0 Å². The molecule has 0 spiro atoms. The van der Waals surface area contributed by atoms with Gasteiger partial charge in [-0.15, -0.1) is 6.58 Å². The zero-order valence-corrected chi connectivity index (χ0v) is 18.1. The van der Waals surface area contributed by atoms with Crippen molar-refractivity contribution in [3.63, 3.8) is 0 Å². The van der Waals surface area contributed by atoms with E-state index in [0.29, 0.717) is 0 Å². The Kier molecular flexibility index (Phi) is 11.5. The van der Waals surface area contributed by atoms with Gasteiger partial charge < -0.3 is 5.32 Å². The van der Waals surface area contributed by atoms with Crippen LogP contribution >= 0.6 is 0 Å². The molecule has 0 aliphatic carbocycles. The van der Waals surface area contributed by atoms with Crippen LogP contribution in [0.1, 0.15) is 59.8 Å². The Morgan fingerprint density at radius 2 is 1.70 bits per heavy atom. The summed E-state index contributed by atoms with van der Waals surface area (Å²) >= 11 is 0. The third-order valence-corrected chi connectivity index (χ3v) is 5.00. The molecule has 150 valence electrons. The van der Waals surface area contributed by atoms with E-state index in [4.69, 9.17) is 0 Å². The summed E-state index contributed by atoms with van der Waals surface area (Å²) in [6, 6.07) is 8.61. The summed E-state index contributed by atoms with van der Waals surface area (Å²) in [6.07, 6.45) is 8.36. The molecule has 0 saturated carbocycles. The van der Waals surface area contributed by atoms with Crippen LogP contribution in [0.3, 0.4) is 0 Å². The van der Waals surface area contributed by atoms with Crippen molar-refractivity contribution in [3.05, 3.63) is 58.6 Å². The fourth-order valence-electron chi connectivity index (χ4n) is 3.72. The van der Waals surface area contributed by atoms with Crippen LogP contribution in [0.4, 0.5) is 0 Å². The molecule has 0 bridgehead atoms. The van der Waals surface area contributed by atoms with E-state index in [1.807, 2.05) is 20.8 Å². The van der Waals surface area contributed by atoms with Gasteiger partial charge in [0.2, 0.25) is 0 Å². The Morgan fingerprint density at radius 3 is 2.22 bits per heavy atom. The summed E-state index contributed by atoms with van der Waals surface area (Å²) < 4.78 is 0. The van der Waals surface area contributed by atoms with Gasteiger partial charge in [-0.1, -0.05) is 63.6 Å². The zero-order chi connectivity index (χ0) is 20.1. The first-order chi connectivity index (χ1) is 13.2. The van der Waals surface area contributed by atoms with Crippen molar-refractivity contribution in [2.24, 2.45) is 0 Å². The lowest BCUT2D eigenvalue weighted by atomic mass is 9.98. The standard InChI is InChI=1S/C20H28N2.C3H6.C2H6/c1-16-9-5-6-10-18(16)20(19-11-12-21-17(19)2)15-22-13-7-3-4-8-14-22;1-3-2;1-2/h5-6,9-10,21H,1,3-4,7-8,11-15H2,2H3;3H,1H2,2H3;1-2H3/b20-18-;;. The van der Waals surface area contributed by atoms with E-state index in [1.54, 1.807) is 6.08 Å². The van der Waals surface area contributed by atoms with Gasteiger partial charge in [-0.3, -0.25) is 4.90 Å². The Balaban J connectivity index is 0.000000665. The maximum absolute atomic E-state index is 4.27. The molecule has 0 radical (unpaired) electrons. The largest absolute Gasteiger partial charge is 0.388 e. The number of likely N-dealkylation sites (tertiary alicyclic amines) is 1. The van der Waals surface area contributed by atoms with Crippen molar-refractivity contribution in [1.82, 2.24) is 10.2 Å². The summed E-state index contributed by atoms with van der Waals surface area (Å²) in [7, 11) is 0. The van der Waals surface area contributed by atoms with Gasteiger partial charge in [0.15, 0.2) is 0 Å². The second-order valence-electron chi connectivity index (χ2n) is 7.01. The lowest BCUT2D eigenvalue weighted by Gasteiger charge is -2.23. The number of rotatable bonds is 3. The number of nitrogens with one attached hydrogen (secondary N) is 1. The van der Waals surface area contributed by atoms with Crippen LogP contribution in [0.5, 0.6) is 0 Å². The fourth-order valence-corrected chi connectivity index (χ4v) is 3.72. The Labute approximate surface area is 167 Å². The molecule has 1 aromatic carbocycles. The molecule has 0 amide bonds. The van der Waals surface area contributed by atoms with Crippen molar-refractivity contribution >= 4 is 12.2 Å². The molecule has 2 nitrogen and oxygen atoms in total. The van der Waals surface area contributed by atoms with E-state index in [0.717, 1.165) is 24.7 Å². The van der Waals surface area contributed by atoms with E-state index in [1.165, 1.54) is 60.8 Å². The van der Waals surface area contributed by atoms with Gasteiger partial charge in [0.1, 0.15) is 0 Å². The molecule has 1 fully saturated rings. The monoisotopic (exact) mass is 368 g/mol. The van der Waals surface area contributed by atoms with E-state index in [9.17, 15) is 0 Å². The average Bonchev–Trinajstić information content (AvgIpc) is 2.94. The molecule has 1 aromatic rings. The summed E-state index contributed by atoms with van der Waals surface area (Å²) in [6.45, 7) is 20.4. The molecule has 3 rings (SSSR count). The molecular weight excluding hydrogens is 328 g/mol. The number of allylic oxidation sites excluding steroid dienone is 2. The van der Waals surface area contributed by atoms with Crippen LogP contribution in [0.2, 0.25) is 0 Å². The second kappa shape index (κ2) is 13.4. The second-order valence-corrected chi connectivity index (χ2v) is 7.01. The van der Waals surface area contributed by atoms with Gasteiger partial charge in [-0.05, 0) is 67.8 Å². The third kappa shape index (κ3) is 7.38. The van der Waals surface area contributed by atoms with Gasteiger partial charge in [0, 0.05) is 18.8 Å². The zero-order valence-electron chi connectivity index (χ0n) is 18.1. The van der Waals surface area contributed by atoms with Crippen molar-refractivity contribution in [3.8, 4) is 0 Å². The molecular formula is C25H40N2. The van der Waals surface area contributed by atoms with Crippen LogP contribution in [0.15, 0.2) is 48.2 Å². The third-order valence-electron chi connectivity index (χ3n) is 5.00. The predicted molar refractivity (Wildman–Crippen MR) is 122 cm³/mol. The highest BCUT2D eigenvalue weighted by atomic mass is 15.1. The molecule has 2 heteroatoms. The average molecular weight is 369 g/mol. The smallest absolute Gasteiger partial charge is 0.0243 e. The first kappa shape index (κ1) is 23.2. The molecule has 1 N–H and O–H groups in total. The highest BCUT2D eigenvalue weighted by Crippen LogP contribution is 2.23.